The zero-order chi connectivity index (χ0) is 37.2. The summed E-state index contributed by atoms with van der Waals surface area (Å²) in [6.45, 7) is 28.4. The fourth-order valence-corrected chi connectivity index (χ4v) is 16.4. The zero-order valence-electron chi connectivity index (χ0n) is 34.5. The standard InChI is InChI=1S/C48H68OSi2/c1-13-33-25-29-37(17-5)45(41(33)21-9)50(46-38(18-6)30-26-34(14-2)42(46)22-10)49-51(47-39(19-7)31-27-35(15-3)43(47)23-11)48-40(20-8)32-28-36(16-4)44(48)24-12/h25-32H,13-24H2,1-12H3. The molecule has 0 saturated carbocycles. The number of aryl methyl sites for hydroxylation is 8. The normalized spacial score (nSPS) is 11.7. The number of benzene rings is 4. The van der Waals surface area contributed by atoms with Gasteiger partial charge < -0.3 is 4.12 Å². The molecule has 4 aromatic rings. The van der Waals surface area contributed by atoms with Gasteiger partial charge in [-0.1, -0.05) is 132 Å². The van der Waals surface area contributed by atoms with Gasteiger partial charge in [0.25, 0.3) is 18.1 Å². The molecule has 0 aliphatic heterocycles. The van der Waals surface area contributed by atoms with Gasteiger partial charge >= 0.3 is 0 Å². The van der Waals surface area contributed by atoms with Crippen molar-refractivity contribution < 1.29 is 4.12 Å². The van der Waals surface area contributed by atoms with E-state index in [1.165, 1.54) is 44.5 Å². The first kappa shape index (κ1) is 41.0. The molecule has 0 amide bonds. The van der Waals surface area contributed by atoms with Crippen LogP contribution >= 0.6 is 0 Å². The van der Waals surface area contributed by atoms with Crippen molar-refractivity contribution >= 4 is 38.8 Å². The Kier molecular flexibility index (Phi) is 15.6. The second-order valence-electron chi connectivity index (χ2n) is 14.0. The summed E-state index contributed by atoms with van der Waals surface area (Å²) in [6, 6.07) is 19.6. The maximum Gasteiger partial charge on any atom is 0.273 e. The van der Waals surface area contributed by atoms with E-state index < -0.39 is 18.1 Å². The van der Waals surface area contributed by atoms with Crippen molar-refractivity contribution in [3.8, 4) is 0 Å². The molecule has 4 aromatic carbocycles. The Morgan fingerprint density at radius 3 is 0.608 bits per heavy atom. The van der Waals surface area contributed by atoms with E-state index in [1.807, 2.05) is 0 Å². The lowest BCUT2D eigenvalue weighted by molar-refractivity contribution is 0.628. The monoisotopic (exact) mass is 716 g/mol. The van der Waals surface area contributed by atoms with Crippen molar-refractivity contribution in [3.63, 3.8) is 0 Å². The van der Waals surface area contributed by atoms with Crippen LogP contribution in [0.2, 0.25) is 0 Å². The lowest BCUT2D eigenvalue weighted by Crippen LogP contribution is -2.61. The third-order valence-electron chi connectivity index (χ3n) is 11.6. The summed E-state index contributed by atoms with van der Waals surface area (Å²) in [7, 11) is -3.43. The summed E-state index contributed by atoms with van der Waals surface area (Å²) in [6.07, 6.45) is 12.5. The van der Waals surface area contributed by atoms with Crippen LogP contribution in [0, 0.1) is 0 Å². The van der Waals surface area contributed by atoms with Crippen LogP contribution in [0.4, 0.5) is 0 Å². The Hall–Kier alpha value is -2.73. The van der Waals surface area contributed by atoms with Crippen LogP contribution in [0.3, 0.4) is 0 Å². The van der Waals surface area contributed by atoms with Crippen LogP contribution in [0.5, 0.6) is 0 Å². The predicted octanol–water partition coefficient (Wildman–Crippen LogP) is 9.36. The molecule has 2 radical (unpaired) electrons. The van der Waals surface area contributed by atoms with Crippen LogP contribution < -0.4 is 20.7 Å². The van der Waals surface area contributed by atoms with Gasteiger partial charge in [0.15, 0.2) is 0 Å². The van der Waals surface area contributed by atoms with Gasteiger partial charge in [0.05, 0.1) is 0 Å². The Bertz CT molecular complexity index is 1510. The lowest BCUT2D eigenvalue weighted by atomic mass is 9.98. The molecule has 0 aromatic heterocycles. The van der Waals surface area contributed by atoms with E-state index in [0.717, 1.165) is 77.0 Å². The van der Waals surface area contributed by atoms with Gasteiger partial charge in [-0.05, 0) is 165 Å². The minimum Gasteiger partial charge on any atom is -0.442 e. The number of hydrogen-bond donors (Lipinski definition) is 0. The van der Waals surface area contributed by atoms with E-state index in [1.54, 1.807) is 43.0 Å². The molecule has 274 valence electrons. The second kappa shape index (κ2) is 19.4. The molecule has 0 bridgehead atoms. The van der Waals surface area contributed by atoms with E-state index in [0.29, 0.717) is 0 Å². The molecular formula is C48H68OSi2. The van der Waals surface area contributed by atoms with Crippen LogP contribution in [-0.2, 0) is 81.2 Å². The lowest BCUT2D eigenvalue weighted by Gasteiger charge is -2.34. The average molecular weight is 717 g/mol. The van der Waals surface area contributed by atoms with E-state index in [-0.39, 0.29) is 0 Å². The van der Waals surface area contributed by atoms with E-state index >= 15 is 0 Å². The van der Waals surface area contributed by atoms with Crippen molar-refractivity contribution in [3.05, 3.63) is 115 Å². The van der Waals surface area contributed by atoms with Crippen molar-refractivity contribution in [2.45, 2.75) is 160 Å². The third kappa shape index (κ3) is 8.11. The van der Waals surface area contributed by atoms with E-state index in [2.05, 4.69) is 132 Å². The highest BCUT2D eigenvalue weighted by atomic mass is 28.4. The third-order valence-corrected chi connectivity index (χ3v) is 17.5. The predicted molar refractivity (Wildman–Crippen MR) is 229 cm³/mol. The first-order valence-electron chi connectivity index (χ1n) is 20.8. The Morgan fingerprint density at radius 1 is 0.275 bits per heavy atom. The molecule has 1 nitrogen and oxygen atoms in total. The van der Waals surface area contributed by atoms with E-state index in [9.17, 15) is 0 Å². The van der Waals surface area contributed by atoms with Crippen LogP contribution in [0.15, 0.2) is 48.5 Å². The molecule has 4 rings (SSSR count). The summed E-state index contributed by atoms with van der Waals surface area (Å²) in [5, 5.41) is 6.26. The molecule has 0 aliphatic rings. The SMILES string of the molecule is CCc1ccc(CC)c([Si](O[Si](c2c(CC)ccc(CC)c2CC)c2c(CC)ccc(CC)c2CC)c2c(CC)ccc(CC)c2CC)c1CC. The minimum atomic E-state index is -1.72. The highest BCUT2D eigenvalue weighted by molar-refractivity contribution is 6.93. The van der Waals surface area contributed by atoms with E-state index in [4.69, 9.17) is 4.12 Å². The Labute approximate surface area is 317 Å². The van der Waals surface area contributed by atoms with Gasteiger partial charge in [-0.3, -0.25) is 0 Å². The second-order valence-corrected chi connectivity index (χ2v) is 18.1. The molecule has 0 saturated heterocycles. The van der Waals surface area contributed by atoms with Crippen molar-refractivity contribution in [2.75, 3.05) is 0 Å². The van der Waals surface area contributed by atoms with Gasteiger partial charge in [-0.25, -0.2) is 0 Å². The molecule has 51 heavy (non-hydrogen) atoms. The zero-order valence-corrected chi connectivity index (χ0v) is 36.5. The highest BCUT2D eigenvalue weighted by Gasteiger charge is 2.38. The fourth-order valence-electron chi connectivity index (χ4n) is 8.76. The Balaban J connectivity index is 2.31. The maximum atomic E-state index is 8.54. The van der Waals surface area contributed by atoms with Crippen molar-refractivity contribution in [1.82, 2.24) is 0 Å². The molecule has 0 fully saturated rings. The Morgan fingerprint density at radius 2 is 0.451 bits per heavy atom. The quantitative estimate of drug-likeness (QED) is 0.0933. The van der Waals surface area contributed by atoms with Gasteiger partial charge in [0.2, 0.25) is 0 Å². The van der Waals surface area contributed by atoms with Gasteiger partial charge in [-0.15, -0.1) is 0 Å². The molecular weight excluding hydrogens is 649 g/mol. The summed E-state index contributed by atoms with van der Waals surface area (Å²) in [5.41, 5.74) is 18.2. The number of rotatable bonds is 18. The van der Waals surface area contributed by atoms with Gasteiger partial charge in [-0.2, -0.15) is 0 Å². The fraction of sp³-hybridized carbons (Fsp3) is 0.500. The molecule has 0 aliphatic carbocycles. The molecule has 0 atom stereocenters. The smallest absolute Gasteiger partial charge is 0.273 e. The molecule has 0 heterocycles. The topological polar surface area (TPSA) is 9.23 Å². The van der Waals surface area contributed by atoms with Gasteiger partial charge in [0.1, 0.15) is 0 Å². The number of hydrogen-bond acceptors (Lipinski definition) is 1. The minimum absolute atomic E-state index is 1.03. The molecule has 3 heteroatoms. The van der Waals surface area contributed by atoms with Crippen molar-refractivity contribution in [1.29, 1.82) is 0 Å². The summed E-state index contributed by atoms with van der Waals surface area (Å²) < 4.78 is 8.54. The van der Waals surface area contributed by atoms with Gasteiger partial charge in [0, 0.05) is 0 Å². The van der Waals surface area contributed by atoms with Crippen LogP contribution in [0.1, 0.15) is 150 Å². The molecule has 0 N–H and O–H groups in total. The summed E-state index contributed by atoms with van der Waals surface area (Å²) in [4.78, 5) is 0. The highest BCUT2D eigenvalue weighted by Crippen LogP contribution is 2.23. The average Bonchev–Trinajstić information content (AvgIpc) is 3.18. The van der Waals surface area contributed by atoms with Crippen molar-refractivity contribution in [2.24, 2.45) is 0 Å². The van der Waals surface area contributed by atoms with Crippen LogP contribution in [0.25, 0.3) is 0 Å². The first-order valence-corrected chi connectivity index (χ1v) is 23.6. The van der Waals surface area contributed by atoms with Crippen LogP contribution in [-0.4, -0.2) is 18.1 Å². The first-order chi connectivity index (χ1) is 24.8. The molecule has 0 unspecified atom stereocenters. The summed E-state index contributed by atoms with van der Waals surface area (Å²) in [5.74, 6) is 0. The summed E-state index contributed by atoms with van der Waals surface area (Å²) >= 11 is 0. The largest absolute Gasteiger partial charge is 0.442 e. The molecule has 0 spiro atoms. The maximum absolute atomic E-state index is 8.54.